The molecular formula is C24H34Cl2N2O4S. The summed E-state index contributed by atoms with van der Waals surface area (Å²) >= 11 is 12.5. The molecule has 1 aromatic rings. The van der Waals surface area contributed by atoms with Crippen LogP contribution >= 0.6 is 23.2 Å². The van der Waals surface area contributed by atoms with Gasteiger partial charge in [0.05, 0.1) is 17.1 Å². The second kappa shape index (κ2) is 11.1. The zero-order valence-electron chi connectivity index (χ0n) is 19.5. The second-order valence-electron chi connectivity index (χ2n) is 8.71. The molecule has 6 nitrogen and oxygen atoms in total. The van der Waals surface area contributed by atoms with Crippen LogP contribution in [0.4, 0.5) is 0 Å². The van der Waals surface area contributed by atoms with Crippen molar-refractivity contribution in [1.29, 1.82) is 0 Å². The van der Waals surface area contributed by atoms with Crippen LogP contribution in [0.2, 0.25) is 0 Å². The smallest absolute Gasteiger partial charge is 0.244 e. The Morgan fingerprint density at radius 2 is 1.91 bits per heavy atom. The van der Waals surface area contributed by atoms with Gasteiger partial charge in [-0.1, -0.05) is 49.2 Å². The van der Waals surface area contributed by atoms with Crippen LogP contribution in [0.3, 0.4) is 0 Å². The molecule has 2 heterocycles. The Kier molecular flexibility index (Phi) is 8.92. The number of hydrogen-bond donors (Lipinski definition) is 2. The van der Waals surface area contributed by atoms with Crippen molar-refractivity contribution >= 4 is 33.2 Å². The summed E-state index contributed by atoms with van der Waals surface area (Å²) in [5.74, 6) is 0.477. The fourth-order valence-corrected chi connectivity index (χ4v) is 6.82. The molecule has 0 saturated carbocycles. The minimum Gasteiger partial charge on any atom is -0.507 e. The van der Waals surface area contributed by atoms with E-state index in [9.17, 15) is 13.5 Å². The molecule has 0 radical (unpaired) electrons. The van der Waals surface area contributed by atoms with E-state index in [-0.39, 0.29) is 28.1 Å². The second-order valence-corrected chi connectivity index (χ2v) is 11.6. The molecule has 0 spiro atoms. The standard InChI is InChI=1S/C24H34Cl2N2O4S/c1-4-17(25)12-23(20(26)5-2)33(30,31)28-10-8-16(9-11-28)21-13-19-18(22(14-27)32-21)7-6-15(3)24(19)29/h6-7,12,16,21-22,29H,4-5,8-11,13-14,27H2,1-3H3/b17-12+,23-20-. The van der Waals surface area contributed by atoms with Crippen LogP contribution in [-0.4, -0.2) is 43.6 Å². The van der Waals surface area contributed by atoms with Crippen molar-refractivity contribution in [3.05, 3.63) is 49.9 Å². The van der Waals surface area contributed by atoms with Crippen LogP contribution < -0.4 is 5.73 Å². The molecular weight excluding hydrogens is 483 g/mol. The molecule has 9 heteroatoms. The number of aryl methyl sites for hydroxylation is 1. The molecule has 2 aliphatic rings. The number of fused-ring (bicyclic) bond motifs is 1. The highest BCUT2D eigenvalue weighted by atomic mass is 35.5. The lowest BCUT2D eigenvalue weighted by molar-refractivity contribution is -0.0611. The van der Waals surface area contributed by atoms with Crippen molar-refractivity contribution in [1.82, 2.24) is 4.31 Å². The number of hydrogen-bond acceptors (Lipinski definition) is 5. The number of phenols is 1. The Bertz CT molecular complexity index is 1030. The lowest BCUT2D eigenvalue weighted by atomic mass is 9.83. The maximum Gasteiger partial charge on any atom is 0.244 e. The third-order valence-electron chi connectivity index (χ3n) is 6.67. The highest BCUT2D eigenvalue weighted by Crippen LogP contribution is 2.41. The average molecular weight is 518 g/mol. The molecule has 2 unspecified atom stereocenters. The van der Waals surface area contributed by atoms with Gasteiger partial charge in [0.2, 0.25) is 10.0 Å². The van der Waals surface area contributed by atoms with Gasteiger partial charge in [-0.3, -0.25) is 0 Å². The molecule has 2 atom stereocenters. The van der Waals surface area contributed by atoms with Crippen molar-refractivity contribution in [2.24, 2.45) is 11.7 Å². The van der Waals surface area contributed by atoms with Crippen molar-refractivity contribution in [3.8, 4) is 5.75 Å². The summed E-state index contributed by atoms with van der Waals surface area (Å²) in [6, 6.07) is 3.86. The summed E-state index contributed by atoms with van der Waals surface area (Å²) in [6.07, 6.45) is 3.95. The van der Waals surface area contributed by atoms with E-state index in [1.807, 2.05) is 32.9 Å². The number of benzene rings is 1. The van der Waals surface area contributed by atoms with E-state index in [2.05, 4.69) is 0 Å². The molecule has 3 rings (SSSR count). The molecule has 3 N–H and O–H groups in total. The number of nitrogens with two attached hydrogens (primary N) is 1. The zero-order valence-corrected chi connectivity index (χ0v) is 21.8. The third-order valence-corrected chi connectivity index (χ3v) is 9.60. The fourth-order valence-electron chi connectivity index (χ4n) is 4.62. The summed E-state index contributed by atoms with van der Waals surface area (Å²) < 4.78 is 34.5. The van der Waals surface area contributed by atoms with Gasteiger partial charge >= 0.3 is 0 Å². The van der Waals surface area contributed by atoms with Crippen molar-refractivity contribution in [2.45, 2.75) is 65.1 Å². The summed E-state index contributed by atoms with van der Waals surface area (Å²) in [6.45, 7) is 6.65. The van der Waals surface area contributed by atoms with E-state index in [0.29, 0.717) is 62.5 Å². The number of phenolic OH excluding ortho intramolecular Hbond substituents is 1. The van der Waals surface area contributed by atoms with Gasteiger partial charge in [0.25, 0.3) is 0 Å². The molecule has 1 fully saturated rings. The van der Waals surface area contributed by atoms with E-state index in [4.69, 9.17) is 33.7 Å². The van der Waals surface area contributed by atoms with Gasteiger partial charge in [-0.05, 0) is 55.7 Å². The number of nitrogens with zero attached hydrogens (tertiary/aromatic N) is 1. The molecule has 2 aliphatic heterocycles. The van der Waals surface area contributed by atoms with Crippen molar-refractivity contribution in [2.75, 3.05) is 19.6 Å². The number of allylic oxidation sites excluding steroid dienone is 3. The van der Waals surface area contributed by atoms with E-state index in [1.54, 1.807) is 0 Å². The van der Waals surface area contributed by atoms with Crippen LogP contribution in [0, 0.1) is 12.8 Å². The number of halogens is 2. The van der Waals surface area contributed by atoms with Gasteiger partial charge in [-0.15, -0.1) is 0 Å². The Morgan fingerprint density at radius 3 is 2.48 bits per heavy atom. The zero-order chi connectivity index (χ0) is 24.3. The van der Waals surface area contributed by atoms with E-state index >= 15 is 0 Å². The van der Waals surface area contributed by atoms with Crippen LogP contribution in [0.25, 0.3) is 0 Å². The first kappa shape index (κ1) is 26.5. The predicted molar refractivity (Wildman–Crippen MR) is 134 cm³/mol. The molecule has 0 aliphatic carbocycles. The number of ether oxygens (including phenoxy) is 1. The first-order chi connectivity index (χ1) is 15.6. The average Bonchev–Trinajstić information content (AvgIpc) is 2.83. The van der Waals surface area contributed by atoms with E-state index in [0.717, 1.165) is 16.7 Å². The summed E-state index contributed by atoms with van der Waals surface area (Å²) in [7, 11) is -3.75. The fraction of sp³-hybridized carbons (Fsp3) is 0.583. The molecule has 0 bridgehead atoms. The highest BCUT2D eigenvalue weighted by molar-refractivity contribution is 7.93. The van der Waals surface area contributed by atoms with Gasteiger partial charge in [0.1, 0.15) is 5.75 Å². The molecule has 1 saturated heterocycles. The molecule has 184 valence electrons. The first-order valence-electron chi connectivity index (χ1n) is 11.6. The van der Waals surface area contributed by atoms with E-state index in [1.165, 1.54) is 10.4 Å². The normalized spacial score (nSPS) is 23.9. The summed E-state index contributed by atoms with van der Waals surface area (Å²) in [5, 5.41) is 11.4. The Balaban J connectivity index is 1.77. The van der Waals surface area contributed by atoms with Crippen LogP contribution in [0.5, 0.6) is 5.75 Å². The van der Waals surface area contributed by atoms with Crippen LogP contribution in [-0.2, 0) is 21.2 Å². The van der Waals surface area contributed by atoms with Gasteiger partial charge < -0.3 is 15.6 Å². The lowest BCUT2D eigenvalue weighted by Gasteiger charge is -2.40. The Morgan fingerprint density at radius 1 is 1.24 bits per heavy atom. The lowest BCUT2D eigenvalue weighted by Crippen LogP contribution is -2.44. The Hall–Kier alpha value is -1.09. The van der Waals surface area contributed by atoms with Crippen LogP contribution in [0.1, 0.15) is 62.3 Å². The third kappa shape index (κ3) is 5.60. The van der Waals surface area contributed by atoms with Gasteiger partial charge in [-0.2, -0.15) is 4.31 Å². The quantitative estimate of drug-likeness (QED) is 0.493. The predicted octanol–water partition coefficient (Wildman–Crippen LogP) is 5.08. The van der Waals surface area contributed by atoms with Gasteiger partial charge in [0, 0.05) is 41.7 Å². The van der Waals surface area contributed by atoms with Crippen molar-refractivity contribution in [3.63, 3.8) is 0 Å². The SMILES string of the molecule is CC/C(Cl)=C(\C=C(\Cl)CC)S(=O)(=O)N1CCC(C2Cc3c(ccc(C)c3O)C(CN)O2)CC1. The Labute approximate surface area is 207 Å². The van der Waals surface area contributed by atoms with E-state index < -0.39 is 10.0 Å². The maximum absolute atomic E-state index is 13.4. The van der Waals surface area contributed by atoms with Gasteiger partial charge in [0.15, 0.2) is 0 Å². The minimum atomic E-state index is -3.75. The van der Waals surface area contributed by atoms with Crippen LogP contribution in [0.15, 0.2) is 33.2 Å². The largest absolute Gasteiger partial charge is 0.507 e. The van der Waals surface area contributed by atoms with Crippen molar-refractivity contribution < 1.29 is 18.3 Å². The summed E-state index contributed by atoms with van der Waals surface area (Å²) in [4.78, 5) is 0.0865. The number of aromatic hydroxyl groups is 1. The monoisotopic (exact) mass is 516 g/mol. The number of rotatable bonds is 7. The van der Waals surface area contributed by atoms with Gasteiger partial charge in [-0.25, -0.2) is 8.42 Å². The molecule has 0 aromatic heterocycles. The summed E-state index contributed by atoms with van der Waals surface area (Å²) in [5.41, 5.74) is 8.65. The molecule has 33 heavy (non-hydrogen) atoms. The molecule has 1 aromatic carbocycles. The topological polar surface area (TPSA) is 92.9 Å². The minimum absolute atomic E-state index is 0.0865. The highest BCUT2D eigenvalue weighted by Gasteiger charge is 2.38. The molecule has 0 amide bonds. The first-order valence-corrected chi connectivity index (χ1v) is 13.7. The maximum atomic E-state index is 13.4. The number of sulfonamides is 1. The number of piperidine rings is 1.